The van der Waals surface area contributed by atoms with Gasteiger partial charge in [0.15, 0.2) is 0 Å². The van der Waals surface area contributed by atoms with Gasteiger partial charge < -0.3 is 10.2 Å². The molecule has 2 unspecified atom stereocenters. The van der Waals surface area contributed by atoms with Gasteiger partial charge in [0.05, 0.1) is 6.04 Å². The SMILES string of the molecule is CNC1CCN(C(C)CCC(C)C)C1=O. The summed E-state index contributed by atoms with van der Waals surface area (Å²) in [6.45, 7) is 7.55. The molecule has 1 N–H and O–H groups in total. The van der Waals surface area contributed by atoms with E-state index in [9.17, 15) is 4.79 Å². The Labute approximate surface area is 93.2 Å². The first-order chi connectivity index (χ1) is 7.06. The summed E-state index contributed by atoms with van der Waals surface area (Å²) in [6.07, 6.45) is 3.29. The van der Waals surface area contributed by atoms with Crippen molar-refractivity contribution in [2.24, 2.45) is 5.92 Å². The van der Waals surface area contributed by atoms with Crippen LogP contribution in [0.5, 0.6) is 0 Å². The molecule has 0 aliphatic carbocycles. The minimum atomic E-state index is 0.0616. The van der Waals surface area contributed by atoms with Crippen LogP contribution in [-0.2, 0) is 4.79 Å². The first kappa shape index (κ1) is 12.5. The zero-order valence-corrected chi connectivity index (χ0v) is 10.4. The highest BCUT2D eigenvalue weighted by molar-refractivity contribution is 5.84. The molecule has 2 atom stereocenters. The summed E-state index contributed by atoms with van der Waals surface area (Å²) in [7, 11) is 1.87. The van der Waals surface area contributed by atoms with E-state index in [4.69, 9.17) is 0 Å². The van der Waals surface area contributed by atoms with E-state index >= 15 is 0 Å². The van der Waals surface area contributed by atoms with E-state index in [2.05, 4.69) is 26.1 Å². The number of rotatable bonds is 5. The Morgan fingerprint density at radius 2 is 2.07 bits per heavy atom. The topological polar surface area (TPSA) is 32.3 Å². The molecule has 1 aliphatic rings. The van der Waals surface area contributed by atoms with Crippen LogP contribution < -0.4 is 5.32 Å². The summed E-state index contributed by atoms with van der Waals surface area (Å²) >= 11 is 0. The molecule has 1 rings (SSSR count). The quantitative estimate of drug-likeness (QED) is 0.751. The van der Waals surface area contributed by atoms with Gasteiger partial charge in [-0.2, -0.15) is 0 Å². The van der Waals surface area contributed by atoms with Crippen molar-refractivity contribution in [3.63, 3.8) is 0 Å². The molecule has 1 aliphatic heterocycles. The molecule has 1 fully saturated rings. The highest BCUT2D eigenvalue weighted by atomic mass is 16.2. The number of carbonyl (C=O) groups excluding carboxylic acids is 1. The molecule has 15 heavy (non-hydrogen) atoms. The van der Waals surface area contributed by atoms with Gasteiger partial charge in [-0.25, -0.2) is 0 Å². The summed E-state index contributed by atoms with van der Waals surface area (Å²) < 4.78 is 0. The van der Waals surface area contributed by atoms with Crippen LogP contribution in [-0.4, -0.2) is 36.5 Å². The van der Waals surface area contributed by atoms with Crippen molar-refractivity contribution < 1.29 is 4.79 Å². The molecule has 1 amide bonds. The molecular formula is C12H24N2O. The number of likely N-dealkylation sites (N-methyl/N-ethyl adjacent to an activating group) is 1. The molecular weight excluding hydrogens is 188 g/mol. The molecule has 0 aromatic rings. The highest BCUT2D eigenvalue weighted by Gasteiger charge is 2.32. The lowest BCUT2D eigenvalue weighted by atomic mass is 10.0. The third-order valence-corrected chi connectivity index (χ3v) is 3.28. The van der Waals surface area contributed by atoms with Crippen LogP contribution in [0, 0.1) is 5.92 Å². The molecule has 0 saturated carbocycles. The van der Waals surface area contributed by atoms with Gasteiger partial charge in [-0.3, -0.25) is 4.79 Å². The number of nitrogens with one attached hydrogen (secondary N) is 1. The minimum Gasteiger partial charge on any atom is -0.339 e. The van der Waals surface area contributed by atoms with E-state index in [1.54, 1.807) is 0 Å². The number of hydrogen-bond donors (Lipinski definition) is 1. The normalized spacial score (nSPS) is 23.9. The molecule has 0 aromatic heterocycles. The Hall–Kier alpha value is -0.570. The fourth-order valence-electron chi connectivity index (χ4n) is 2.14. The van der Waals surface area contributed by atoms with Gasteiger partial charge >= 0.3 is 0 Å². The first-order valence-corrected chi connectivity index (χ1v) is 6.04. The van der Waals surface area contributed by atoms with E-state index in [1.165, 1.54) is 6.42 Å². The minimum absolute atomic E-state index is 0.0616. The van der Waals surface area contributed by atoms with Gasteiger partial charge in [-0.15, -0.1) is 0 Å². The standard InChI is InChI=1S/C12H24N2O/c1-9(2)5-6-10(3)14-8-7-11(13-4)12(14)15/h9-11,13H,5-8H2,1-4H3. The smallest absolute Gasteiger partial charge is 0.240 e. The summed E-state index contributed by atoms with van der Waals surface area (Å²) in [5, 5.41) is 3.07. The maximum atomic E-state index is 11.9. The highest BCUT2D eigenvalue weighted by Crippen LogP contribution is 2.18. The van der Waals surface area contributed by atoms with Crippen LogP contribution in [0.1, 0.15) is 40.0 Å². The molecule has 3 heteroatoms. The summed E-state index contributed by atoms with van der Waals surface area (Å²) in [5.74, 6) is 1.01. The van der Waals surface area contributed by atoms with Crippen molar-refractivity contribution in [1.82, 2.24) is 10.2 Å². The summed E-state index contributed by atoms with van der Waals surface area (Å²) in [4.78, 5) is 13.9. The number of nitrogens with zero attached hydrogens (tertiary/aromatic N) is 1. The van der Waals surface area contributed by atoms with Gasteiger partial charge in [0.1, 0.15) is 0 Å². The van der Waals surface area contributed by atoms with Crippen LogP contribution in [0.25, 0.3) is 0 Å². The van der Waals surface area contributed by atoms with Gasteiger partial charge in [0.2, 0.25) is 5.91 Å². The molecule has 0 radical (unpaired) electrons. The lowest BCUT2D eigenvalue weighted by molar-refractivity contribution is -0.131. The van der Waals surface area contributed by atoms with E-state index in [0.29, 0.717) is 6.04 Å². The second-order valence-electron chi connectivity index (χ2n) is 4.98. The molecule has 1 saturated heterocycles. The van der Waals surface area contributed by atoms with E-state index in [1.807, 2.05) is 11.9 Å². The average molecular weight is 212 g/mol. The maximum Gasteiger partial charge on any atom is 0.240 e. The molecule has 0 spiro atoms. The Morgan fingerprint density at radius 3 is 2.53 bits per heavy atom. The van der Waals surface area contributed by atoms with Crippen molar-refractivity contribution >= 4 is 5.91 Å². The van der Waals surface area contributed by atoms with Crippen molar-refractivity contribution in [3.05, 3.63) is 0 Å². The number of carbonyl (C=O) groups is 1. The number of likely N-dealkylation sites (tertiary alicyclic amines) is 1. The third kappa shape index (κ3) is 3.20. The van der Waals surface area contributed by atoms with E-state index in [-0.39, 0.29) is 11.9 Å². The van der Waals surface area contributed by atoms with Crippen molar-refractivity contribution in [3.8, 4) is 0 Å². The predicted molar refractivity (Wildman–Crippen MR) is 62.7 cm³/mol. The van der Waals surface area contributed by atoms with Crippen LogP contribution >= 0.6 is 0 Å². The second-order valence-corrected chi connectivity index (χ2v) is 4.98. The molecule has 3 nitrogen and oxygen atoms in total. The van der Waals surface area contributed by atoms with Gasteiger partial charge in [0, 0.05) is 12.6 Å². The zero-order chi connectivity index (χ0) is 11.4. The van der Waals surface area contributed by atoms with Gasteiger partial charge in [0.25, 0.3) is 0 Å². The predicted octanol–water partition coefficient (Wildman–Crippen LogP) is 1.63. The van der Waals surface area contributed by atoms with E-state index in [0.717, 1.165) is 25.3 Å². The van der Waals surface area contributed by atoms with Crippen molar-refractivity contribution in [2.45, 2.75) is 52.1 Å². The zero-order valence-electron chi connectivity index (χ0n) is 10.4. The monoisotopic (exact) mass is 212 g/mol. The summed E-state index contributed by atoms with van der Waals surface area (Å²) in [5.41, 5.74) is 0. The fourth-order valence-corrected chi connectivity index (χ4v) is 2.14. The molecule has 0 aromatic carbocycles. The average Bonchev–Trinajstić information content (AvgIpc) is 2.56. The lowest BCUT2D eigenvalue weighted by Gasteiger charge is -2.25. The van der Waals surface area contributed by atoms with Crippen LogP contribution in [0.2, 0.25) is 0 Å². The Balaban J connectivity index is 2.40. The van der Waals surface area contributed by atoms with Crippen LogP contribution in [0.4, 0.5) is 0 Å². The Kier molecular flexibility index (Phi) is 4.58. The van der Waals surface area contributed by atoms with Crippen LogP contribution in [0.3, 0.4) is 0 Å². The van der Waals surface area contributed by atoms with E-state index < -0.39 is 0 Å². The maximum absolute atomic E-state index is 11.9. The van der Waals surface area contributed by atoms with Crippen molar-refractivity contribution in [1.29, 1.82) is 0 Å². The lowest BCUT2D eigenvalue weighted by Crippen LogP contribution is -2.40. The fraction of sp³-hybridized carbons (Fsp3) is 0.917. The van der Waals surface area contributed by atoms with Crippen LogP contribution in [0.15, 0.2) is 0 Å². The molecule has 1 heterocycles. The Morgan fingerprint density at radius 1 is 1.40 bits per heavy atom. The Bertz CT molecular complexity index is 216. The number of amides is 1. The molecule has 88 valence electrons. The first-order valence-electron chi connectivity index (χ1n) is 6.04. The van der Waals surface area contributed by atoms with Gasteiger partial charge in [-0.1, -0.05) is 13.8 Å². The molecule has 0 bridgehead atoms. The largest absolute Gasteiger partial charge is 0.339 e. The van der Waals surface area contributed by atoms with Crippen molar-refractivity contribution in [2.75, 3.05) is 13.6 Å². The third-order valence-electron chi connectivity index (χ3n) is 3.28. The summed E-state index contributed by atoms with van der Waals surface area (Å²) in [6, 6.07) is 0.463. The second kappa shape index (κ2) is 5.50. The number of hydrogen-bond acceptors (Lipinski definition) is 2. The van der Waals surface area contributed by atoms with Gasteiger partial charge in [-0.05, 0) is 39.2 Å².